The molecule has 1 aromatic carbocycles. The second kappa shape index (κ2) is 11.1. The Labute approximate surface area is 222 Å². The summed E-state index contributed by atoms with van der Waals surface area (Å²) in [6, 6.07) is 2.92. The van der Waals surface area contributed by atoms with Crippen molar-refractivity contribution in [2.24, 2.45) is 7.05 Å². The Morgan fingerprint density at radius 2 is 2.17 bits per heavy atom. The highest BCUT2D eigenvalue weighted by Crippen LogP contribution is 2.31. The highest BCUT2D eigenvalue weighted by atomic mass is 32.2. The summed E-state index contributed by atoms with van der Waals surface area (Å²) in [4.78, 5) is 21.1. The third-order valence-corrected chi connectivity index (χ3v) is 7.27. The van der Waals surface area contributed by atoms with Gasteiger partial charge >= 0.3 is 0 Å². The van der Waals surface area contributed by atoms with Crippen molar-refractivity contribution in [2.75, 3.05) is 26.7 Å². The topological polar surface area (TPSA) is 122 Å². The number of fused-ring (bicyclic) bond motifs is 1. The fourth-order valence-corrected chi connectivity index (χ4v) is 5.07. The normalized spacial score (nSPS) is 20.8. The van der Waals surface area contributed by atoms with Crippen LogP contribution in [0.15, 0.2) is 27.9 Å². The maximum absolute atomic E-state index is 13.4. The van der Waals surface area contributed by atoms with Crippen LogP contribution in [0.25, 0.3) is 22.4 Å². The van der Waals surface area contributed by atoms with Gasteiger partial charge in [0.2, 0.25) is 10.0 Å². The number of hydrogen-bond donors (Lipinski definition) is 2. The number of hydrogen-bond acceptors (Lipinski definition) is 7. The number of likely N-dealkylation sites (tertiary alicyclic amines) is 1. The van der Waals surface area contributed by atoms with Crippen LogP contribution in [0.4, 0.5) is 0 Å². The second-order valence-electron chi connectivity index (χ2n) is 8.50. The summed E-state index contributed by atoms with van der Waals surface area (Å²) >= 11 is 0. The molecule has 0 radical (unpaired) electrons. The lowest BCUT2D eigenvalue weighted by Crippen LogP contribution is -2.31. The molecule has 36 heavy (non-hydrogen) atoms. The maximum Gasteiger partial charge on any atom is 0.277 e. The molecule has 3 heterocycles. The van der Waals surface area contributed by atoms with Gasteiger partial charge in [0.15, 0.2) is 5.52 Å². The zero-order valence-corrected chi connectivity index (χ0v) is 21.4. The number of aryl methyl sites for hydroxylation is 2. The Morgan fingerprint density at radius 1 is 1.33 bits per heavy atom. The molecule has 1 saturated heterocycles. The number of H-pyrrole nitrogens is 1. The molecule has 2 N–H and O–H groups in total. The van der Waals surface area contributed by atoms with Crippen LogP contribution in [0.5, 0.6) is 5.75 Å². The third-order valence-electron chi connectivity index (χ3n) is 5.87. The van der Waals surface area contributed by atoms with Crippen molar-refractivity contribution < 1.29 is 22.7 Å². The van der Waals surface area contributed by atoms with E-state index in [0.717, 1.165) is 4.90 Å². The fourth-order valence-electron chi connectivity index (χ4n) is 4.11. The summed E-state index contributed by atoms with van der Waals surface area (Å²) in [6.45, 7) is 0.817. The lowest BCUT2D eigenvalue weighted by atomic mass is 10.1. The van der Waals surface area contributed by atoms with Crippen molar-refractivity contribution >= 4 is 21.1 Å². The first-order valence-corrected chi connectivity index (χ1v) is 13.4. The van der Waals surface area contributed by atoms with Gasteiger partial charge in [0.1, 0.15) is 17.1 Å². The molecule has 0 saturated carbocycles. The zero-order valence-electron chi connectivity index (χ0n) is 27.6. The number of sulfonamides is 1. The van der Waals surface area contributed by atoms with Gasteiger partial charge in [-0.05, 0) is 63.7 Å². The first-order chi connectivity index (χ1) is 19.9. The molecule has 0 amide bonds. The molecule has 1 aliphatic heterocycles. The van der Waals surface area contributed by atoms with E-state index < -0.39 is 47.9 Å². The van der Waals surface area contributed by atoms with Crippen LogP contribution in [-0.2, 0) is 23.4 Å². The predicted octanol–water partition coefficient (Wildman–Crippen LogP) is 2.83. The van der Waals surface area contributed by atoms with Crippen molar-refractivity contribution in [2.45, 2.75) is 63.2 Å². The summed E-state index contributed by atoms with van der Waals surface area (Å²) in [5.41, 5.74) is -0.428. The van der Waals surface area contributed by atoms with Gasteiger partial charge in [0.05, 0.1) is 22.8 Å². The summed E-state index contributed by atoms with van der Waals surface area (Å²) in [7, 11) is -2.82. The minimum atomic E-state index is -4.33. The average molecular weight is 524 g/mol. The molecule has 196 valence electrons. The SMILES string of the molecule is [2H]C([2H])(CC)c1nn(C)c2c(=O)[nH]c(-c3cc(S(=O)(=O)NCC([2H])([2H])C4CCCN4C([2H])([2H])[2H])ccc3OCCC)nc12. The standard InChI is InChI=1S/C25H36N6O4S/c1-5-8-20-22-23(31(4)29-20)25(32)28-24(27-22)19-16-18(10-11-21(19)35-15-6-2)36(33,34)26-13-12-17-9-7-14-30(17)3/h10-11,16-17,26H,5-9,12-15H2,1-4H3,(H,27,28,32)/i3D3,8D2,12D2. The van der Waals surface area contributed by atoms with Gasteiger partial charge in [-0.3, -0.25) is 9.48 Å². The summed E-state index contributed by atoms with van der Waals surface area (Å²) in [5, 5.41) is 4.20. The molecule has 11 heteroatoms. The van der Waals surface area contributed by atoms with Gasteiger partial charge in [-0.1, -0.05) is 20.3 Å². The minimum absolute atomic E-state index is 0.0263. The molecule has 0 bridgehead atoms. The van der Waals surface area contributed by atoms with E-state index in [1.165, 1.54) is 29.9 Å². The first-order valence-electron chi connectivity index (χ1n) is 15.4. The Bertz CT molecular complexity index is 1660. The average Bonchev–Trinajstić information content (AvgIpc) is 3.57. The van der Waals surface area contributed by atoms with Crippen LogP contribution in [-0.4, -0.2) is 65.8 Å². The molecular weight excluding hydrogens is 480 g/mol. The molecule has 1 unspecified atom stereocenters. The van der Waals surface area contributed by atoms with Crippen molar-refractivity contribution in [3.8, 4) is 17.1 Å². The molecular formula is C25H36N6O4S. The predicted molar refractivity (Wildman–Crippen MR) is 140 cm³/mol. The summed E-state index contributed by atoms with van der Waals surface area (Å²) in [6.07, 6.45) is -2.61. The van der Waals surface area contributed by atoms with Crippen LogP contribution in [0.2, 0.25) is 0 Å². The quantitative estimate of drug-likeness (QED) is 0.396. The smallest absolute Gasteiger partial charge is 0.277 e. The van der Waals surface area contributed by atoms with Crippen molar-refractivity contribution in [1.82, 2.24) is 29.4 Å². The molecule has 0 spiro atoms. The number of rotatable bonds is 11. The van der Waals surface area contributed by atoms with Crippen LogP contribution >= 0.6 is 0 Å². The lowest BCUT2D eigenvalue weighted by molar-refractivity contribution is 0.297. The number of aromatic nitrogens is 4. The molecule has 1 atom stereocenters. The van der Waals surface area contributed by atoms with E-state index in [1.807, 2.05) is 6.92 Å². The monoisotopic (exact) mass is 523 g/mol. The van der Waals surface area contributed by atoms with E-state index in [0.29, 0.717) is 12.8 Å². The van der Waals surface area contributed by atoms with Crippen molar-refractivity contribution in [3.63, 3.8) is 0 Å². The largest absolute Gasteiger partial charge is 0.493 e. The Morgan fingerprint density at radius 3 is 2.92 bits per heavy atom. The Hall–Kier alpha value is -2.76. The molecule has 1 aliphatic rings. The molecule has 2 aromatic heterocycles. The van der Waals surface area contributed by atoms with E-state index in [4.69, 9.17) is 14.3 Å². The number of ether oxygens (including phenoxy) is 1. The highest BCUT2D eigenvalue weighted by Gasteiger charge is 2.23. The van der Waals surface area contributed by atoms with E-state index >= 15 is 0 Å². The lowest BCUT2D eigenvalue weighted by Gasteiger charge is -2.19. The Kier molecular flexibility index (Phi) is 5.70. The van der Waals surface area contributed by atoms with E-state index in [-0.39, 0.29) is 64.8 Å². The van der Waals surface area contributed by atoms with Crippen LogP contribution in [0.1, 0.15) is 61.2 Å². The fraction of sp³-hybridized carbons (Fsp3) is 0.560. The van der Waals surface area contributed by atoms with E-state index in [9.17, 15) is 13.2 Å². The van der Waals surface area contributed by atoms with Gasteiger partial charge < -0.3 is 14.6 Å². The number of nitrogens with zero attached hydrogens (tertiary/aromatic N) is 4. The summed E-state index contributed by atoms with van der Waals surface area (Å²) in [5.74, 6) is 0.165. The van der Waals surface area contributed by atoms with Gasteiger partial charge in [0, 0.05) is 29.2 Å². The van der Waals surface area contributed by atoms with E-state index in [2.05, 4.69) is 19.8 Å². The van der Waals surface area contributed by atoms with Gasteiger partial charge in [-0.25, -0.2) is 18.1 Å². The molecule has 1 fully saturated rings. The third kappa shape index (κ3) is 5.47. The zero-order chi connectivity index (χ0) is 32.0. The summed E-state index contributed by atoms with van der Waals surface area (Å²) < 4.78 is 93.0. The molecule has 10 nitrogen and oxygen atoms in total. The molecule has 3 aromatic rings. The number of benzene rings is 1. The molecule has 0 aliphatic carbocycles. The first kappa shape index (κ1) is 18.5. The number of nitrogens with one attached hydrogen (secondary N) is 2. The Balaban J connectivity index is 1.74. The maximum atomic E-state index is 13.4. The van der Waals surface area contributed by atoms with Crippen LogP contribution in [0, 0.1) is 0 Å². The number of aromatic amines is 1. The highest BCUT2D eigenvalue weighted by molar-refractivity contribution is 7.89. The molecule has 4 rings (SSSR count). The van der Waals surface area contributed by atoms with Gasteiger partial charge in [0.25, 0.3) is 5.56 Å². The van der Waals surface area contributed by atoms with Gasteiger partial charge in [-0.15, -0.1) is 0 Å². The van der Waals surface area contributed by atoms with Gasteiger partial charge in [-0.2, -0.15) is 5.10 Å². The second-order valence-corrected chi connectivity index (χ2v) is 10.3. The minimum Gasteiger partial charge on any atom is -0.493 e. The van der Waals surface area contributed by atoms with Crippen molar-refractivity contribution in [1.29, 1.82) is 0 Å². The van der Waals surface area contributed by atoms with Crippen molar-refractivity contribution in [3.05, 3.63) is 34.2 Å². The van der Waals surface area contributed by atoms with E-state index in [1.54, 1.807) is 6.92 Å². The van der Waals surface area contributed by atoms with Crippen LogP contribution in [0.3, 0.4) is 0 Å². The van der Waals surface area contributed by atoms with Crippen LogP contribution < -0.4 is 15.0 Å².